The monoisotopic (exact) mass is 281 g/mol. The second-order valence-electron chi connectivity index (χ2n) is 5.02. The third kappa shape index (κ3) is 3.13. The van der Waals surface area contributed by atoms with Gasteiger partial charge in [-0.15, -0.1) is 0 Å². The van der Waals surface area contributed by atoms with Crippen molar-refractivity contribution in [2.45, 2.75) is 0 Å². The van der Waals surface area contributed by atoms with E-state index < -0.39 is 0 Å². The molecule has 0 unspecified atom stereocenters. The summed E-state index contributed by atoms with van der Waals surface area (Å²) in [5.41, 5.74) is 5.02. The van der Waals surface area contributed by atoms with Crippen molar-refractivity contribution < 1.29 is 0 Å². The van der Waals surface area contributed by atoms with E-state index in [2.05, 4.69) is 30.3 Å². The van der Waals surface area contributed by atoms with E-state index in [1.165, 1.54) is 11.1 Å². The molecule has 104 valence electrons. The van der Waals surface area contributed by atoms with Crippen LogP contribution in [0.1, 0.15) is 11.1 Å². The Hall–Kier alpha value is -3.11. The van der Waals surface area contributed by atoms with Gasteiger partial charge in [-0.2, -0.15) is 5.26 Å². The summed E-state index contributed by atoms with van der Waals surface area (Å²) in [6.07, 6.45) is 1.92. The Balaban J connectivity index is 1.90. The molecule has 0 aliphatic heterocycles. The van der Waals surface area contributed by atoms with Gasteiger partial charge in [-0.3, -0.25) is 0 Å². The number of hydrogen-bond acceptors (Lipinski definition) is 1. The zero-order valence-electron chi connectivity index (χ0n) is 12.1. The Morgan fingerprint density at radius 3 is 1.82 bits per heavy atom. The average molecular weight is 281 g/mol. The second kappa shape index (κ2) is 6.56. The predicted molar refractivity (Wildman–Crippen MR) is 91.8 cm³/mol. The number of rotatable bonds is 3. The fourth-order valence-electron chi connectivity index (χ4n) is 2.37. The van der Waals surface area contributed by atoms with E-state index >= 15 is 0 Å². The third-order valence-electron chi connectivity index (χ3n) is 3.53. The van der Waals surface area contributed by atoms with E-state index in [-0.39, 0.29) is 0 Å². The van der Waals surface area contributed by atoms with Crippen LogP contribution in [0.4, 0.5) is 0 Å². The molecule has 0 fully saturated rings. The quantitative estimate of drug-likeness (QED) is 0.464. The zero-order chi connectivity index (χ0) is 15.2. The number of nitriles is 1. The highest BCUT2D eigenvalue weighted by Gasteiger charge is 2.01. The summed E-state index contributed by atoms with van der Waals surface area (Å²) in [6, 6.07) is 30.5. The minimum Gasteiger partial charge on any atom is -0.192 e. The molecular weight excluding hydrogens is 266 g/mol. The average Bonchev–Trinajstić information content (AvgIpc) is 2.62. The van der Waals surface area contributed by atoms with Gasteiger partial charge in [0.1, 0.15) is 0 Å². The number of benzene rings is 3. The van der Waals surface area contributed by atoms with E-state index in [1.54, 1.807) is 0 Å². The Kier molecular flexibility index (Phi) is 4.13. The number of hydrogen-bond donors (Lipinski definition) is 0. The molecule has 0 aliphatic rings. The van der Waals surface area contributed by atoms with E-state index in [1.807, 2.05) is 66.7 Å². The topological polar surface area (TPSA) is 23.8 Å². The molecule has 0 aromatic heterocycles. The summed E-state index contributed by atoms with van der Waals surface area (Å²) in [5.74, 6) is 0. The molecule has 0 heterocycles. The van der Waals surface area contributed by atoms with Gasteiger partial charge >= 0.3 is 0 Å². The molecular formula is C21H15N. The summed E-state index contributed by atoms with van der Waals surface area (Å²) in [7, 11) is 0. The third-order valence-corrected chi connectivity index (χ3v) is 3.53. The van der Waals surface area contributed by atoms with Crippen LogP contribution in [0.15, 0.2) is 84.9 Å². The maximum atomic E-state index is 9.36. The number of nitrogens with zero attached hydrogens (tertiary/aromatic N) is 1. The lowest BCUT2D eigenvalue weighted by atomic mass is 10.0. The lowest BCUT2D eigenvalue weighted by molar-refractivity contribution is 1.52. The van der Waals surface area contributed by atoms with Crippen LogP contribution in [0.5, 0.6) is 0 Å². The molecule has 0 saturated carbocycles. The molecule has 0 bridgehead atoms. The first-order valence-electron chi connectivity index (χ1n) is 7.19. The van der Waals surface area contributed by atoms with Crippen LogP contribution in [0.3, 0.4) is 0 Å². The summed E-state index contributed by atoms with van der Waals surface area (Å²) < 4.78 is 0. The van der Waals surface area contributed by atoms with Crippen LogP contribution in [0.2, 0.25) is 0 Å². The van der Waals surface area contributed by atoms with E-state index in [4.69, 9.17) is 0 Å². The first-order valence-corrected chi connectivity index (χ1v) is 7.19. The molecule has 0 amide bonds. The smallest absolute Gasteiger partial charge is 0.0998 e. The molecule has 3 aromatic rings. The highest BCUT2D eigenvalue weighted by molar-refractivity contribution is 5.89. The second-order valence-corrected chi connectivity index (χ2v) is 5.02. The van der Waals surface area contributed by atoms with Gasteiger partial charge in [-0.25, -0.2) is 0 Å². The van der Waals surface area contributed by atoms with Crippen LogP contribution in [0, 0.1) is 11.3 Å². The Morgan fingerprint density at radius 1 is 0.682 bits per heavy atom. The van der Waals surface area contributed by atoms with Crippen molar-refractivity contribution in [3.63, 3.8) is 0 Å². The van der Waals surface area contributed by atoms with Crippen molar-refractivity contribution in [2.24, 2.45) is 0 Å². The standard InChI is InChI=1S/C21H15N/c22-16-21(19-9-5-2-6-10-19)15-17-11-13-20(14-12-17)18-7-3-1-4-8-18/h1-15H/b21-15-. The van der Waals surface area contributed by atoms with Crippen LogP contribution in [0.25, 0.3) is 22.8 Å². The van der Waals surface area contributed by atoms with Gasteiger partial charge in [0.05, 0.1) is 11.6 Å². The molecule has 22 heavy (non-hydrogen) atoms. The molecule has 0 radical (unpaired) electrons. The van der Waals surface area contributed by atoms with Gasteiger partial charge < -0.3 is 0 Å². The van der Waals surface area contributed by atoms with Crippen molar-refractivity contribution in [1.29, 1.82) is 5.26 Å². The van der Waals surface area contributed by atoms with Crippen molar-refractivity contribution in [3.8, 4) is 17.2 Å². The maximum Gasteiger partial charge on any atom is 0.0998 e. The fraction of sp³-hybridized carbons (Fsp3) is 0. The highest BCUT2D eigenvalue weighted by Crippen LogP contribution is 2.22. The zero-order valence-corrected chi connectivity index (χ0v) is 12.1. The van der Waals surface area contributed by atoms with Crippen molar-refractivity contribution in [1.82, 2.24) is 0 Å². The Morgan fingerprint density at radius 2 is 1.23 bits per heavy atom. The lowest BCUT2D eigenvalue weighted by Crippen LogP contribution is -1.82. The summed E-state index contributed by atoms with van der Waals surface area (Å²) in [5, 5.41) is 9.36. The molecule has 1 nitrogen and oxygen atoms in total. The maximum absolute atomic E-state index is 9.36. The Bertz CT molecular complexity index is 807. The SMILES string of the molecule is N#C/C(=C/c1ccc(-c2ccccc2)cc1)c1ccccc1. The molecule has 1 heteroatoms. The minimum atomic E-state index is 0.674. The van der Waals surface area contributed by atoms with Gasteiger partial charge in [0.25, 0.3) is 0 Å². The van der Waals surface area contributed by atoms with Crippen molar-refractivity contribution in [2.75, 3.05) is 0 Å². The van der Waals surface area contributed by atoms with Crippen molar-refractivity contribution in [3.05, 3.63) is 96.1 Å². The van der Waals surface area contributed by atoms with Crippen LogP contribution in [-0.2, 0) is 0 Å². The summed E-state index contributed by atoms with van der Waals surface area (Å²) in [6.45, 7) is 0. The highest BCUT2D eigenvalue weighted by atomic mass is 14.2. The van der Waals surface area contributed by atoms with E-state index in [0.29, 0.717) is 5.57 Å². The molecule has 3 aromatic carbocycles. The molecule has 0 atom stereocenters. The first-order chi connectivity index (χ1) is 10.9. The molecule has 0 saturated heterocycles. The molecule has 3 rings (SSSR count). The van der Waals surface area contributed by atoms with Crippen LogP contribution >= 0.6 is 0 Å². The van der Waals surface area contributed by atoms with Crippen LogP contribution < -0.4 is 0 Å². The van der Waals surface area contributed by atoms with Gasteiger partial charge in [-0.05, 0) is 28.3 Å². The van der Waals surface area contributed by atoms with Gasteiger partial charge in [-0.1, -0.05) is 84.9 Å². The molecule has 0 aliphatic carbocycles. The lowest BCUT2D eigenvalue weighted by Gasteiger charge is -2.03. The predicted octanol–water partition coefficient (Wildman–Crippen LogP) is 5.42. The van der Waals surface area contributed by atoms with Gasteiger partial charge in [0.2, 0.25) is 0 Å². The van der Waals surface area contributed by atoms with Gasteiger partial charge in [0, 0.05) is 0 Å². The Labute approximate surface area is 130 Å². The first kappa shape index (κ1) is 13.9. The van der Waals surface area contributed by atoms with E-state index in [0.717, 1.165) is 11.1 Å². The van der Waals surface area contributed by atoms with Crippen LogP contribution in [-0.4, -0.2) is 0 Å². The number of allylic oxidation sites excluding steroid dienone is 1. The molecule has 0 N–H and O–H groups in total. The van der Waals surface area contributed by atoms with E-state index in [9.17, 15) is 5.26 Å². The largest absolute Gasteiger partial charge is 0.192 e. The molecule has 0 spiro atoms. The fourth-order valence-corrected chi connectivity index (χ4v) is 2.37. The van der Waals surface area contributed by atoms with Crippen molar-refractivity contribution >= 4 is 11.6 Å². The summed E-state index contributed by atoms with van der Waals surface area (Å²) in [4.78, 5) is 0. The minimum absolute atomic E-state index is 0.674. The summed E-state index contributed by atoms with van der Waals surface area (Å²) >= 11 is 0. The normalized spacial score (nSPS) is 11.0. The van der Waals surface area contributed by atoms with Gasteiger partial charge in [0.15, 0.2) is 0 Å².